The van der Waals surface area contributed by atoms with E-state index in [4.69, 9.17) is 4.74 Å². The Morgan fingerprint density at radius 3 is 2.44 bits per heavy atom. The summed E-state index contributed by atoms with van der Waals surface area (Å²) in [7, 11) is 1.35. The van der Waals surface area contributed by atoms with Gasteiger partial charge in [0.15, 0.2) is 0 Å². The third-order valence-electron chi connectivity index (χ3n) is 1.93. The van der Waals surface area contributed by atoms with Gasteiger partial charge in [0.2, 0.25) is 0 Å². The molecule has 0 radical (unpaired) electrons. The molecule has 0 amide bonds. The van der Waals surface area contributed by atoms with E-state index in [-0.39, 0.29) is 11.3 Å². The Labute approximate surface area is 93.6 Å². The zero-order valence-electron chi connectivity index (χ0n) is 9.23. The maximum absolute atomic E-state index is 13.4. The van der Waals surface area contributed by atoms with E-state index >= 15 is 0 Å². The summed E-state index contributed by atoms with van der Waals surface area (Å²) in [6.45, 7) is 3.10. The predicted octanol–water partition coefficient (Wildman–Crippen LogP) is 1.93. The van der Waals surface area contributed by atoms with Crippen molar-refractivity contribution >= 4 is 0 Å². The van der Waals surface area contributed by atoms with E-state index < -0.39 is 11.6 Å². The van der Waals surface area contributed by atoms with Gasteiger partial charge in [-0.2, -0.15) is 0 Å². The second-order valence-corrected chi connectivity index (χ2v) is 3.05. The van der Waals surface area contributed by atoms with Gasteiger partial charge < -0.3 is 10.1 Å². The first kappa shape index (κ1) is 12.5. The van der Waals surface area contributed by atoms with Gasteiger partial charge in [0.05, 0.1) is 19.2 Å². The van der Waals surface area contributed by atoms with E-state index in [2.05, 4.69) is 17.2 Å². The van der Waals surface area contributed by atoms with Crippen LogP contribution < -0.4 is 10.1 Å². The second-order valence-electron chi connectivity index (χ2n) is 3.05. The highest BCUT2D eigenvalue weighted by Crippen LogP contribution is 2.19. The molecule has 2 nitrogen and oxygen atoms in total. The molecule has 4 heteroatoms. The van der Waals surface area contributed by atoms with Gasteiger partial charge in [-0.15, -0.1) is 0 Å². The van der Waals surface area contributed by atoms with Crippen LogP contribution in [0.15, 0.2) is 12.1 Å². The fourth-order valence-electron chi connectivity index (χ4n) is 1.11. The van der Waals surface area contributed by atoms with Crippen LogP contribution in [0.4, 0.5) is 8.78 Å². The highest BCUT2D eigenvalue weighted by molar-refractivity contribution is 5.41. The number of hydrogen-bond acceptors (Lipinski definition) is 2. The zero-order chi connectivity index (χ0) is 12.0. The molecular weight excluding hydrogens is 212 g/mol. The first-order valence-corrected chi connectivity index (χ1v) is 4.91. The average molecular weight is 225 g/mol. The molecule has 0 aliphatic heterocycles. The second kappa shape index (κ2) is 6.09. The standard InChI is InChI=1S/C12H13F2NO/c1-3-15-6-4-5-10-11(13)7-9(16-2)8-12(10)14/h7-8,15H,3,6H2,1-2H3. The Hall–Kier alpha value is -1.60. The SMILES string of the molecule is CCNCC#Cc1c(F)cc(OC)cc1F. The molecule has 86 valence electrons. The summed E-state index contributed by atoms with van der Waals surface area (Å²) in [6, 6.07) is 2.22. The maximum Gasteiger partial charge on any atom is 0.145 e. The normalized spacial score (nSPS) is 9.50. The lowest BCUT2D eigenvalue weighted by Crippen LogP contribution is -2.12. The van der Waals surface area contributed by atoms with Crippen LogP contribution in [-0.2, 0) is 0 Å². The smallest absolute Gasteiger partial charge is 0.145 e. The fourth-order valence-corrected chi connectivity index (χ4v) is 1.11. The molecule has 0 unspecified atom stereocenters. The lowest BCUT2D eigenvalue weighted by Gasteiger charge is -2.02. The first-order chi connectivity index (χ1) is 7.69. The van der Waals surface area contributed by atoms with Crippen LogP contribution in [0.1, 0.15) is 12.5 Å². The minimum atomic E-state index is -0.708. The Morgan fingerprint density at radius 1 is 1.31 bits per heavy atom. The van der Waals surface area contributed by atoms with Crippen molar-refractivity contribution in [2.24, 2.45) is 0 Å². The number of rotatable bonds is 3. The number of ether oxygens (including phenoxy) is 1. The average Bonchev–Trinajstić information content (AvgIpc) is 2.26. The molecule has 0 fully saturated rings. The van der Waals surface area contributed by atoms with Crippen molar-refractivity contribution in [1.29, 1.82) is 0 Å². The monoisotopic (exact) mass is 225 g/mol. The quantitative estimate of drug-likeness (QED) is 0.627. The molecule has 0 bridgehead atoms. The molecule has 0 aliphatic carbocycles. The molecule has 1 rings (SSSR count). The molecule has 16 heavy (non-hydrogen) atoms. The molecule has 0 saturated carbocycles. The van der Waals surface area contributed by atoms with Gasteiger partial charge >= 0.3 is 0 Å². The number of nitrogens with one attached hydrogen (secondary N) is 1. The third-order valence-corrected chi connectivity index (χ3v) is 1.93. The van der Waals surface area contributed by atoms with Crippen molar-refractivity contribution < 1.29 is 13.5 Å². The van der Waals surface area contributed by atoms with Crippen LogP contribution in [0.3, 0.4) is 0 Å². The van der Waals surface area contributed by atoms with Gasteiger partial charge in [-0.3, -0.25) is 0 Å². The Balaban J connectivity index is 2.90. The summed E-state index contributed by atoms with van der Waals surface area (Å²) < 4.78 is 31.5. The number of hydrogen-bond donors (Lipinski definition) is 1. The molecule has 0 heterocycles. The summed E-state index contributed by atoms with van der Waals surface area (Å²) in [6.07, 6.45) is 0. The minimum absolute atomic E-state index is 0.146. The molecule has 0 aromatic heterocycles. The predicted molar refractivity (Wildman–Crippen MR) is 58.3 cm³/mol. The highest BCUT2D eigenvalue weighted by Gasteiger charge is 2.08. The number of methoxy groups -OCH3 is 1. The highest BCUT2D eigenvalue weighted by atomic mass is 19.1. The molecule has 0 atom stereocenters. The molecule has 1 N–H and O–H groups in total. The summed E-state index contributed by atoms with van der Waals surface area (Å²) in [5, 5.41) is 2.94. The van der Waals surface area contributed by atoms with Crippen molar-refractivity contribution in [3.8, 4) is 17.6 Å². The number of halogens is 2. The lowest BCUT2D eigenvalue weighted by molar-refractivity contribution is 0.406. The molecule has 1 aromatic carbocycles. The van der Waals surface area contributed by atoms with Crippen molar-refractivity contribution in [2.75, 3.05) is 20.2 Å². The van der Waals surface area contributed by atoms with Gasteiger partial charge in [0, 0.05) is 12.1 Å². The van der Waals surface area contributed by atoms with Crippen LogP contribution in [-0.4, -0.2) is 20.2 Å². The van der Waals surface area contributed by atoms with Gasteiger partial charge in [-0.25, -0.2) is 8.78 Å². The minimum Gasteiger partial charge on any atom is -0.497 e. The van der Waals surface area contributed by atoms with E-state index in [1.54, 1.807) is 0 Å². The summed E-state index contributed by atoms with van der Waals surface area (Å²) in [4.78, 5) is 0. The van der Waals surface area contributed by atoms with Crippen molar-refractivity contribution in [2.45, 2.75) is 6.92 Å². The summed E-state index contributed by atoms with van der Waals surface area (Å²) in [5.74, 6) is 3.82. The van der Waals surface area contributed by atoms with Crippen LogP contribution in [0.5, 0.6) is 5.75 Å². The molecule has 0 spiro atoms. The Morgan fingerprint density at radius 2 is 1.94 bits per heavy atom. The Kier molecular flexibility index (Phi) is 4.74. The van der Waals surface area contributed by atoms with Gasteiger partial charge in [-0.1, -0.05) is 18.8 Å². The lowest BCUT2D eigenvalue weighted by atomic mass is 10.2. The zero-order valence-corrected chi connectivity index (χ0v) is 9.23. The maximum atomic E-state index is 13.4. The third kappa shape index (κ3) is 3.21. The molecule has 0 saturated heterocycles. The summed E-state index contributed by atoms with van der Waals surface area (Å²) >= 11 is 0. The van der Waals surface area contributed by atoms with Gasteiger partial charge in [0.1, 0.15) is 17.4 Å². The fraction of sp³-hybridized carbons (Fsp3) is 0.333. The van der Waals surface area contributed by atoms with E-state index in [0.717, 1.165) is 18.7 Å². The van der Waals surface area contributed by atoms with Crippen LogP contribution in [0.2, 0.25) is 0 Å². The summed E-state index contributed by atoms with van der Waals surface area (Å²) in [5.41, 5.74) is -0.223. The van der Waals surface area contributed by atoms with Crippen molar-refractivity contribution in [3.63, 3.8) is 0 Å². The molecule has 1 aromatic rings. The van der Waals surface area contributed by atoms with E-state index in [1.165, 1.54) is 7.11 Å². The van der Waals surface area contributed by atoms with Crippen LogP contribution in [0.25, 0.3) is 0 Å². The van der Waals surface area contributed by atoms with Crippen LogP contribution in [0, 0.1) is 23.5 Å². The van der Waals surface area contributed by atoms with Gasteiger partial charge in [0.25, 0.3) is 0 Å². The molecule has 0 aliphatic rings. The van der Waals surface area contributed by atoms with Gasteiger partial charge in [-0.05, 0) is 6.54 Å². The molecular formula is C12H13F2NO. The van der Waals surface area contributed by atoms with Crippen LogP contribution >= 0.6 is 0 Å². The van der Waals surface area contributed by atoms with E-state index in [1.807, 2.05) is 6.92 Å². The Bertz CT molecular complexity index is 398. The largest absolute Gasteiger partial charge is 0.497 e. The van der Waals surface area contributed by atoms with E-state index in [9.17, 15) is 8.78 Å². The topological polar surface area (TPSA) is 21.3 Å². The van der Waals surface area contributed by atoms with E-state index in [0.29, 0.717) is 6.54 Å². The number of benzene rings is 1. The van der Waals surface area contributed by atoms with Crippen molar-refractivity contribution in [3.05, 3.63) is 29.3 Å². The first-order valence-electron chi connectivity index (χ1n) is 4.91. The van der Waals surface area contributed by atoms with Crippen molar-refractivity contribution in [1.82, 2.24) is 5.32 Å².